The summed E-state index contributed by atoms with van der Waals surface area (Å²) in [5, 5.41) is 12.0. The van der Waals surface area contributed by atoms with E-state index in [2.05, 4.69) is 5.32 Å². The maximum absolute atomic E-state index is 11.6. The van der Waals surface area contributed by atoms with Crippen LogP contribution in [0.1, 0.15) is 19.8 Å². The Labute approximate surface area is 86.3 Å². The number of thioether (sulfide) groups is 1. The third-order valence-corrected chi connectivity index (χ3v) is 2.41. The maximum atomic E-state index is 11.6. The van der Waals surface area contributed by atoms with Crippen molar-refractivity contribution in [1.82, 2.24) is 5.32 Å². The highest BCUT2D eigenvalue weighted by Gasteiger charge is 2.27. The molecule has 0 radical (unpaired) electrons. The van der Waals surface area contributed by atoms with Crippen molar-refractivity contribution in [3.63, 3.8) is 0 Å². The van der Waals surface area contributed by atoms with Crippen LogP contribution >= 0.6 is 11.8 Å². The normalized spacial score (nSPS) is 14.4. The van der Waals surface area contributed by atoms with Gasteiger partial charge in [0.15, 0.2) is 0 Å². The second-order valence-corrected chi connectivity index (χ2v) is 4.05. The molecule has 1 atom stereocenters. The lowest BCUT2D eigenvalue weighted by atomic mass is 10.2. The average molecular weight is 231 g/mol. The van der Waals surface area contributed by atoms with Gasteiger partial charge in [-0.15, -0.1) is 0 Å². The van der Waals surface area contributed by atoms with Crippen LogP contribution in [-0.2, 0) is 0 Å². The Morgan fingerprint density at radius 2 is 2.00 bits per heavy atom. The van der Waals surface area contributed by atoms with Crippen LogP contribution in [0.3, 0.4) is 0 Å². The lowest BCUT2D eigenvalue weighted by molar-refractivity contribution is -0.0327. The minimum Gasteiger partial charge on any atom is -0.393 e. The van der Waals surface area contributed by atoms with E-state index < -0.39 is 5.51 Å². The Morgan fingerprint density at radius 1 is 1.36 bits per heavy atom. The molecule has 0 bridgehead atoms. The third kappa shape index (κ3) is 10.1. The van der Waals surface area contributed by atoms with Gasteiger partial charge in [0.25, 0.3) is 0 Å². The van der Waals surface area contributed by atoms with E-state index >= 15 is 0 Å². The van der Waals surface area contributed by atoms with Gasteiger partial charge in [-0.3, -0.25) is 0 Å². The molecule has 14 heavy (non-hydrogen) atoms. The summed E-state index contributed by atoms with van der Waals surface area (Å²) < 4.78 is 34.9. The van der Waals surface area contributed by atoms with Crippen molar-refractivity contribution in [1.29, 1.82) is 0 Å². The highest BCUT2D eigenvalue weighted by Crippen LogP contribution is 2.29. The van der Waals surface area contributed by atoms with Crippen molar-refractivity contribution in [3.8, 4) is 0 Å². The summed E-state index contributed by atoms with van der Waals surface area (Å²) in [6.07, 6.45) is 0.921. The van der Waals surface area contributed by atoms with E-state index in [1.54, 1.807) is 0 Å². The van der Waals surface area contributed by atoms with Crippen molar-refractivity contribution < 1.29 is 18.3 Å². The number of hydrogen-bond acceptors (Lipinski definition) is 3. The molecule has 0 saturated heterocycles. The summed E-state index contributed by atoms with van der Waals surface area (Å²) in [5.74, 6) is 0.0196. The summed E-state index contributed by atoms with van der Waals surface area (Å²) >= 11 is -0.0268. The number of alkyl halides is 3. The number of aliphatic hydroxyl groups excluding tert-OH is 1. The molecule has 2 nitrogen and oxygen atoms in total. The molecular formula is C8H16F3NOS. The van der Waals surface area contributed by atoms with Crippen molar-refractivity contribution in [3.05, 3.63) is 0 Å². The molecule has 0 rings (SSSR count). The Balaban J connectivity index is 3.14. The largest absolute Gasteiger partial charge is 0.441 e. The first-order chi connectivity index (χ1) is 6.45. The van der Waals surface area contributed by atoms with Crippen LogP contribution in [0.2, 0.25) is 0 Å². The predicted octanol–water partition coefficient (Wildman–Crippen LogP) is 1.99. The van der Waals surface area contributed by atoms with Gasteiger partial charge in [0.2, 0.25) is 0 Å². The smallest absolute Gasteiger partial charge is 0.393 e. The van der Waals surface area contributed by atoms with Gasteiger partial charge in [0, 0.05) is 12.3 Å². The number of aliphatic hydroxyl groups is 1. The average Bonchev–Trinajstić information content (AvgIpc) is 2.08. The van der Waals surface area contributed by atoms with E-state index in [4.69, 9.17) is 5.11 Å². The molecular weight excluding hydrogens is 215 g/mol. The highest BCUT2D eigenvalue weighted by atomic mass is 32.2. The molecule has 0 heterocycles. The summed E-state index contributed by atoms with van der Waals surface area (Å²) in [5.41, 5.74) is -4.13. The van der Waals surface area contributed by atoms with Gasteiger partial charge in [-0.1, -0.05) is 6.92 Å². The SMILES string of the molecule is CCC(O)CCNCCSC(F)(F)F. The molecule has 1 unspecified atom stereocenters. The number of rotatable bonds is 7. The molecule has 0 aliphatic rings. The van der Waals surface area contributed by atoms with Gasteiger partial charge in [-0.05, 0) is 31.1 Å². The third-order valence-electron chi connectivity index (χ3n) is 1.67. The minimum absolute atomic E-state index is 0.0196. The molecule has 2 N–H and O–H groups in total. The first-order valence-electron chi connectivity index (χ1n) is 4.55. The Bertz CT molecular complexity index is 143. The molecule has 0 spiro atoms. The summed E-state index contributed by atoms with van der Waals surface area (Å²) in [7, 11) is 0. The lowest BCUT2D eigenvalue weighted by Gasteiger charge is -2.09. The Kier molecular flexibility index (Phi) is 7.40. The Morgan fingerprint density at radius 3 is 2.50 bits per heavy atom. The van der Waals surface area contributed by atoms with E-state index in [1.807, 2.05) is 6.92 Å². The first kappa shape index (κ1) is 14.1. The minimum atomic E-state index is -4.13. The van der Waals surface area contributed by atoms with E-state index in [0.717, 1.165) is 0 Å². The van der Waals surface area contributed by atoms with Gasteiger partial charge < -0.3 is 10.4 Å². The zero-order valence-electron chi connectivity index (χ0n) is 8.10. The van der Waals surface area contributed by atoms with Crippen LogP contribution in [0.15, 0.2) is 0 Å². The second kappa shape index (κ2) is 7.36. The predicted molar refractivity (Wildman–Crippen MR) is 52.3 cm³/mol. The standard InChI is InChI=1S/C8H16F3NOS/c1-2-7(13)3-4-12-5-6-14-8(9,10)11/h7,12-13H,2-6H2,1H3. The van der Waals surface area contributed by atoms with Crippen molar-refractivity contribution in [2.75, 3.05) is 18.8 Å². The van der Waals surface area contributed by atoms with E-state index in [1.165, 1.54) is 0 Å². The molecule has 0 aromatic carbocycles. The molecule has 6 heteroatoms. The zero-order chi connectivity index (χ0) is 11.0. The molecule has 0 aromatic rings. The monoisotopic (exact) mass is 231 g/mol. The van der Waals surface area contributed by atoms with Crippen LogP contribution in [0.25, 0.3) is 0 Å². The van der Waals surface area contributed by atoms with Crippen molar-refractivity contribution in [2.45, 2.75) is 31.4 Å². The van der Waals surface area contributed by atoms with Gasteiger partial charge in [-0.2, -0.15) is 13.2 Å². The molecule has 0 aliphatic carbocycles. The van der Waals surface area contributed by atoms with Crippen LogP contribution in [0.4, 0.5) is 13.2 Å². The number of nitrogens with one attached hydrogen (secondary N) is 1. The second-order valence-electron chi connectivity index (χ2n) is 2.89. The first-order valence-corrected chi connectivity index (χ1v) is 5.53. The summed E-state index contributed by atoms with van der Waals surface area (Å²) in [4.78, 5) is 0. The van der Waals surface area contributed by atoms with E-state index in [-0.39, 0.29) is 23.6 Å². The molecule has 0 saturated carbocycles. The zero-order valence-corrected chi connectivity index (χ0v) is 8.92. The molecule has 86 valence electrons. The number of halogens is 3. The molecule has 0 aliphatic heterocycles. The van der Waals surface area contributed by atoms with Crippen molar-refractivity contribution in [2.24, 2.45) is 0 Å². The topological polar surface area (TPSA) is 32.3 Å². The Hall–Kier alpha value is 0.0600. The fourth-order valence-electron chi connectivity index (χ4n) is 0.837. The molecule has 0 amide bonds. The van der Waals surface area contributed by atoms with Gasteiger partial charge in [0.1, 0.15) is 0 Å². The fourth-order valence-corrected chi connectivity index (χ4v) is 1.31. The number of hydrogen-bond donors (Lipinski definition) is 2. The molecule has 0 fully saturated rings. The lowest BCUT2D eigenvalue weighted by Crippen LogP contribution is -2.23. The quantitative estimate of drug-likeness (QED) is 0.657. The summed E-state index contributed by atoms with van der Waals surface area (Å²) in [6, 6.07) is 0. The summed E-state index contributed by atoms with van der Waals surface area (Å²) in [6.45, 7) is 2.75. The van der Waals surface area contributed by atoms with E-state index in [0.29, 0.717) is 25.9 Å². The van der Waals surface area contributed by atoms with Crippen LogP contribution in [0, 0.1) is 0 Å². The van der Waals surface area contributed by atoms with Crippen LogP contribution in [-0.4, -0.2) is 35.6 Å². The van der Waals surface area contributed by atoms with Crippen molar-refractivity contribution >= 4 is 11.8 Å². The highest BCUT2D eigenvalue weighted by molar-refractivity contribution is 8.00. The van der Waals surface area contributed by atoms with Crippen LogP contribution < -0.4 is 5.32 Å². The van der Waals surface area contributed by atoms with Gasteiger partial charge in [-0.25, -0.2) is 0 Å². The maximum Gasteiger partial charge on any atom is 0.441 e. The fraction of sp³-hybridized carbons (Fsp3) is 1.00. The van der Waals surface area contributed by atoms with Crippen LogP contribution in [0.5, 0.6) is 0 Å². The molecule has 0 aromatic heterocycles. The van der Waals surface area contributed by atoms with E-state index in [9.17, 15) is 13.2 Å². The van der Waals surface area contributed by atoms with Gasteiger partial charge in [0.05, 0.1) is 6.10 Å². The van der Waals surface area contributed by atoms with Gasteiger partial charge >= 0.3 is 5.51 Å².